The minimum absolute atomic E-state index is 0.185. The number of halogens is 1. The summed E-state index contributed by atoms with van der Waals surface area (Å²) >= 11 is 1.49. The van der Waals surface area contributed by atoms with E-state index in [1.54, 1.807) is 17.6 Å². The third kappa shape index (κ3) is 4.62. The Morgan fingerprint density at radius 2 is 1.76 bits per heavy atom. The first-order chi connectivity index (χ1) is 12.1. The Morgan fingerprint density at radius 3 is 2.40 bits per heavy atom. The normalized spacial score (nSPS) is 10.5. The van der Waals surface area contributed by atoms with Crippen molar-refractivity contribution in [2.24, 2.45) is 0 Å². The average Bonchev–Trinajstić information content (AvgIpc) is 3.11. The molecule has 128 valence electrons. The van der Waals surface area contributed by atoms with Crippen molar-refractivity contribution in [2.75, 3.05) is 0 Å². The van der Waals surface area contributed by atoms with Gasteiger partial charge in [-0.25, -0.2) is 14.9 Å². The minimum Gasteiger partial charge on any atom is -0.457 e. The number of aryl methyl sites for hydroxylation is 1. The lowest BCUT2D eigenvalue weighted by Crippen LogP contribution is -2.18. The van der Waals surface area contributed by atoms with Crippen molar-refractivity contribution in [1.82, 2.24) is 10.5 Å². The fraction of sp³-hybridized carbons (Fsp3) is 0.111. The summed E-state index contributed by atoms with van der Waals surface area (Å²) in [5.41, 5.74) is 3.35. The zero-order chi connectivity index (χ0) is 17.6. The number of carbonyl (C=O) groups is 1. The summed E-state index contributed by atoms with van der Waals surface area (Å²) in [7, 11) is 0. The average molecular weight is 358 g/mol. The van der Waals surface area contributed by atoms with E-state index in [1.165, 1.54) is 23.5 Å². The molecule has 0 spiro atoms. The summed E-state index contributed by atoms with van der Waals surface area (Å²) in [6.45, 7) is 0. The number of rotatable bonds is 6. The fourth-order valence-electron chi connectivity index (χ4n) is 2.16. The molecule has 1 aromatic heterocycles. The Balaban J connectivity index is 1.65. The standard InChI is InChI=1S/C18H15FN2O3S/c19-13-3-8-16(9-4-13)24-15-6-1-12(2-7-15)18-20-14(11-25-18)5-10-17(22)21-23/h1-4,6-9,11,23H,5,10H2,(H,21,22). The van der Waals surface area contributed by atoms with Crippen LogP contribution in [0.15, 0.2) is 53.9 Å². The summed E-state index contributed by atoms with van der Waals surface area (Å²) in [6.07, 6.45) is 0.652. The number of ether oxygens (including phenoxy) is 1. The van der Waals surface area contributed by atoms with E-state index >= 15 is 0 Å². The smallest absolute Gasteiger partial charge is 0.243 e. The molecule has 0 radical (unpaired) electrons. The third-order valence-corrected chi connectivity index (χ3v) is 4.38. The molecule has 25 heavy (non-hydrogen) atoms. The van der Waals surface area contributed by atoms with Gasteiger partial charge in [-0.3, -0.25) is 10.0 Å². The van der Waals surface area contributed by atoms with Crippen LogP contribution < -0.4 is 10.2 Å². The fourth-order valence-corrected chi connectivity index (χ4v) is 3.02. The highest BCUT2D eigenvalue weighted by molar-refractivity contribution is 7.13. The van der Waals surface area contributed by atoms with Gasteiger partial charge in [-0.05, 0) is 55.0 Å². The summed E-state index contributed by atoms with van der Waals surface area (Å²) in [6, 6.07) is 13.2. The predicted molar refractivity (Wildman–Crippen MR) is 92.3 cm³/mol. The monoisotopic (exact) mass is 358 g/mol. The van der Waals surface area contributed by atoms with Crippen LogP contribution in [0.1, 0.15) is 12.1 Å². The van der Waals surface area contributed by atoms with Crippen molar-refractivity contribution < 1.29 is 19.1 Å². The maximum Gasteiger partial charge on any atom is 0.243 e. The summed E-state index contributed by atoms with van der Waals surface area (Å²) in [5, 5.41) is 11.2. The van der Waals surface area contributed by atoms with Crippen molar-refractivity contribution in [3.63, 3.8) is 0 Å². The molecule has 2 N–H and O–H groups in total. The topological polar surface area (TPSA) is 71.5 Å². The Kier molecular flexibility index (Phi) is 5.37. The van der Waals surface area contributed by atoms with E-state index in [0.717, 1.165) is 16.3 Å². The Morgan fingerprint density at radius 1 is 1.12 bits per heavy atom. The quantitative estimate of drug-likeness (QED) is 0.512. The molecule has 1 amide bonds. The van der Waals surface area contributed by atoms with Gasteiger partial charge in [0.05, 0.1) is 5.69 Å². The van der Waals surface area contributed by atoms with Gasteiger partial charge in [0, 0.05) is 17.4 Å². The molecule has 5 nitrogen and oxygen atoms in total. The predicted octanol–water partition coefficient (Wildman–Crippen LogP) is 4.18. The highest BCUT2D eigenvalue weighted by atomic mass is 32.1. The van der Waals surface area contributed by atoms with Crippen LogP contribution in [0.25, 0.3) is 10.6 Å². The van der Waals surface area contributed by atoms with Crippen LogP contribution in [-0.2, 0) is 11.2 Å². The van der Waals surface area contributed by atoms with E-state index in [2.05, 4.69) is 4.98 Å². The van der Waals surface area contributed by atoms with E-state index < -0.39 is 5.91 Å². The molecule has 0 unspecified atom stereocenters. The second kappa shape index (κ2) is 7.87. The molecule has 0 saturated heterocycles. The highest BCUT2D eigenvalue weighted by Gasteiger charge is 2.07. The van der Waals surface area contributed by atoms with Crippen LogP contribution >= 0.6 is 11.3 Å². The van der Waals surface area contributed by atoms with Crippen LogP contribution in [0.5, 0.6) is 11.5 Å². The van der Waals surface area contributed by atoms with Crippen LogP contribution in [0.3, 0.4) is 0 Å². The van der Waals surface area contributed by atoms with Gasteiger partial charge in [0.15, 0.2) is 0 Å². The molecule has 3 aromatic rings. The number of nitrogens with zero attached hydrogens (tertiary/aromatic N) is 1. The molecule has 0 saturated carbocycles. The lowest BCUT2D eigenvalue weighted by molar-refractivity contribution is -0.129. The van der Waals surface area contributed by atoms with Crippen molar-refractivity contribution in [3.8, 4) is 22.1 Å². The van der Waals surface area contributed by atoms with Crippen molar-refractivity contribution in [3.05, 3.63) is 65.4 Å². The maximum atomic E-state index is 12.9. The van der Waals surface area contributed by atoms with Crippen LogP contribution in [0.4, 0.5) is 4.39 Å². The lowest BCUT2D eigenvalue weighted by atomic mass is 10.2. The number of hydroxylamine groups is 1. The Labute approximate surface area is 147 Å². The largest absolute Gasteiger partial charge is 0.457 e. The number of aromatic nitrogens is 1. The molecule has 7 heteroatoms. The summed E-state index contributed by atoms with van der Waals surface area (Å²) in [5.74, 6) is 0.468. The Bertz CT molecular complexity index is 848. The van der Waals surface area contributed by atoms with Crippen molar-refractivity contribution in [2.45, 2.75) is 12.8 Å². The van der Waals surface area contributed by atoms with E-state index in [4.69, 9.17) is 9.94 Å². The second-order valence-corrected chi connectivity index (χ2v) is 6.12. The summed E-state index contributed by atoms with van der Waals surface area (Å²) in [4.78, 5) is 15.5. The van der Waals surface area contributed by atoms with E-state index in [0.29, 0.717) is 17.9 Å². The van der Waals surface area contributed by atoms with Crippen LogP contribution in [-0.4, -0.2) is 16.1 Å². The number of benzene rings is 2. The molecular weight excluding hydrogens is 343 g/mol. The van der Waals surface area contributed by atoms with Gasteiger partial charge in [0.2, 0.25) is 5.91 Å². The molecule has 0 fully saturated rings. The number of thiazole rings is 1. The molecule has 2 aromatic carbocycles. The van der Waals surface area contributed by atoms with Gasteiger partial charge in [-0.2, -0.15) is 0 Å². The van der Waals surface area contributed by atoms with Gasteiger partial charge in [-0.15, -0.1) is 11.3 Å². The maximum absolute atomic E-state index is 12.9. The minimum atomic E-state index is -0.433. The third-order valence-electron chi connectivity index (χ3n) is 3.44. The number of carbonyl (C=O) groups excluding carboxylic acids is 1. The SMILES string of the molecule is O=C(CCc1csc(-c2ccc(Oc3ccc(F)cc3)cc2)n1)NO. The molecule has 0 aliphatic heterocycles. The Hall–Kier alpha value is -2.77. The van der Waals surface area contributed by atoms with Gasteiger partial charge in [0.1, 0.15) is 22.3 Å². The molecule has 0 atom stereocenters. The first-order valence-corrected chi connectivity index (χ1v) is 8.43. The van der Waals surface area contributed by atoms with Crippen LogP contribution in [0, 0.1) is 5.82 Å². The molecule has 0 bridgehead atoms. The van der Waals surface area contributed by atoms with Crippen LogP contribution in [0.2, 0.25) is 0 Å². The van der Waals surface area contributed by atoms with E-state index in [-0.39, 0.29) is 12.2 Å². The van der Waals surface area contributed by atoms with Gasteiger partial charge in [0.25, 0.3) is 0 Å². The first-order valence-electron chi connectivity index (χ1n) is 7.55. The van der Waals surface area contributed by atoms with E-state index in [9.17, 15) is 9.18 Å². The number of amides is 1. The number of hydrogen-bond donors (Lipinski definition) is 2. The van der Waals surface area contributed by atoms with Crippen molar-refractivity contribution >= 4 is 17.2 Å². The number of hydrogen-bond acceptors (Lipinski definition) is 5. The van der Waals surface area contributed by atoms with Crippen molar-refractivity contribution in [1.29, 1.82) is 0 Å². The molecule has 0 aliphatic carbocycles. The molecular formula is C18H15FN2O3S. The number of nitrogens with one attached hydrogen (secondary N) is 1. The van der Waals surface area contributed by atoms with Gasteiger partial charge in [-0.1, -0.05) is 0 Å². The van der Waals surface area contributed by atoms with E-state index in [1.807, 2.05) is 29.6 Å². The molecule has 0 aliphatic rings. The van der Waals surface area contributed by atoms with Gasteiger partial charge < -0.3 is 4.74 Å². The second-order valence-electron chi connectivity index (χ2n) is 5.26. The zero-order valence-electron chi connectivity index (χ0n) is 13.1. The summed E-state index contributed by atoms with van der Waals surface area (Å²) < 4.78 is 18.5. The molecule has 3 rings (SSSR count). The van der Waals surface area contributed by atoms with Gasteiger partial charge >= 0.3 is 0 Å². The zero-order valence-corrected chi connectivity index (χ0v) is 13.9. The molecule has 1 heterocycles. The highest BCUT2D eigenvalue weighted by Crippen LogP contribution is 2.28. The lowest BCUT2D eigenvalue weighted by Gasteiger charge is -2.06. The first kappa shape index (κ1) is 17.1.